The van der Waals surface area contributed by atoms with Crippen LogP contribution < -0.4 is 37.9 Å². The van der Waals surface area contributed by atoms with Crippen LogP contribution in [0.15, 0.2) is 301 Å². The maximum Gasteiger partial charge on any atom is 0.207 e. The molecule has 0 fully saturated rings. The van der Waals surface area contributed by atoms with Gasteiger partial charge in [0.05, 0.1) is 62.6 Å². The van der Waals surface area contributed by atoms with Gasteiger partial charge < -0.3 is 37.9 Å². The van der Waals surface area contributed by atoms with Crippen molar-refractivity contribution in [2.24, 2.45) is 5.41 Å². The summed E-state index contributed by atoms with van der Waals surface area (Å²) in [6.07, 6.45) is 4.88. The van der Waals surface area contributed by atoms with Gasteiger partial charge in [-0.15, -0.1) is 0 Å². The normalized spacial score (nSPS) is 11.4. The van der Waals surface area contributed by atoms with Crippen molar-refractivity contribution in [3.8, 4) is 57.1 Å². The van der Waals surface area contributed by atoms with Crippen molar-refractivity contribution < 1.29 is 46.3 Å². The molecule has 1 aliphatic rings. The van der Waals surface area contributed by atoms with Crippen molar-refractivity contribution in [1.29, 1.82) is 0 Å². The second-order valence-electron chi connectivity index (χ2n) is 42.5. The van der Waals surface area contributed by atoms with E-state index >= 15 is 0 Å². The lowest BCUT2D eigenvalue weighted by Crippen LogP contribution is -2.28. The lowest BCUT2D eigenvalue weighted by Gasteiger charge is -2.29. The second kappa shape index (κ2) is 56.9. The zero-order chi connectivity index (χ0) is 109. The van der Waals surface area contributed by atoms with E-state index in [1.165, 1.54) is 145 Å². The van der Waals surface area contributed by atoms with Crippen LogP contribution in [0.1, 0.15) is 241 Å². The van der Waals surface area contributed by atoms with Crippen LogP contribution in [0.4, 0.5) is 0 Å². The number of benzene rings is 15. The maximum atomic E-state index is 12.6. The highest BCUT2D eigenvalue weighted by atomic mass is 32.2. The molecule has 1 heterocycles. The van der Waals surface area contributed by atoms with Crippen LogP contribution in [0, 0.1) is 185 Å². The topological polar surface area (TPSA) is 108 Å². The molecule has 10 nitrogen and oxygen atoms in total. The predicted octanol–water partition coefficient (Wildman–Crippen LogP) is 35.8. The summed E-state index contributed by atoms with van der Waals surface area (Å²) in [5.74, 6) is 7.43. The molecule has 15 aromatic carbocycles. The number of unbranched alkanes of at least 4 members (excludes halogenated alkanes) is 2. The van der Waals surface area contributed by atoms with E-state index in [1.54, 1.807) is 12.1 Å². The number of sulfone groups is 1. The lowest BCUT2D eigenvalue weighted by molar-refractivity contribution is 0.110. The minimum atomic E-state index is -3.34. The van der Waals surface area contributed by atoms with E-state index < -0.39 is 9.84 Å². The van der Waals surface area contributed by atoms with Crippen LogP contribution in [-0.4, -0.2) is 61.3 Å². The Bertz CT molecular complexity index is 6230. The zero-order valence-electron chi connectivity index (χ0n) is 95.9. The Labute approximate surface area is 897 Å². The highest BCUT2D eigenvalue weighted by molar-refractivity contribution is 7.92. The van der Waals surface area contributed by atoms with Crippen LogP contribution >= 0.6 is 0 Å². The van der Waals surface area contributed by atoms with E-state index in [0.29, 0.717) is 36.2 Å². The average molecular weight is 2020 g/mol. The van der Waals surface area contributed by atoms with Gasteiger partial charge in [-0.05, 0) is 449 Å². The smallest absolute Gasteiger partial charge is 0.207 e. The van der Waals surface area contributed by atoms with E-state index in [0.717, 1.165) is 138 Å². The van der Waals surface area contributed by atoms with Crippen LogP contribution in [-0.2, 0) is 20.7 Å². The summed E-state index contributed by atoms with van der Waals surface area (Å²) in [6, 6.07) is 99.6. The second-order valence-corrected chi connectivity index (χ2v) is 44.4. The average Bonchev–Trinajstić information content (AvgIpc) is 1.57. The van der Waals surface area contributed by atoms with E-state index in [-0.39, 0.29) is 16.2 Å². The molecule has 0 bridgehead atoms. The largest absolute Gasteiger partial charge is 0.494 e. The fraction of sp³-hybridized carbons (Fsp3) is 0.348. The molecule has 0 unspecified atom stereocenters. The monoisotopic (exact) mass is 2020 g/mol. The molecule has 0 N–H and O–H groups in total. The molecular weight excluding hydrogens is 1850 g/mol. The van der Waals surface area contributed by atoms with Crippen molar-refractivity contribution in [2.75, 3.05) is 52.9 Å². The van der Waals surface area contributed by atoms with Crippen molar-refractivity contribution in [2.45, 2.75) is 274 Å². The Hall–Kier alpha value is -13.4. The van der Waals surface area contributed by atoms with Crippen molar-refractivity contribution >= 4 is 9.84 Å². The molecule has 149 heavy (non-hydrogen) atoms. The van der Waals surface area contributed by atoms with Crippen LogP contribution in [0.3, 0.4) is 0 Å². The SMILES string of the molecule is Cc1c(C)c(C)c(C)c(C)c1C.Cc1c(C)c(C)c(C)c(C)c1C.Cc1cc2c(cc1C)S(=O)(=O)c1cc(C)c(C)cc1-2.Cc1ccc(C(C)(C)c2ccc(C(C)(C)c3ccc(C)cc3)cc2)cc1.Cc1ccc(OCC(C)(C)COc2ccc(C)cc2)cc1.Cc1ccc(OCCCCOc2ccc(C)cc2)cc1.Cc1ccc(OCCCOc2ccc(C)cc2)cc1.Cc1cccc(OCCCCOc2cccc(C)c2)c1. The van der Waals surface area contributed by atoms with Gasteiger partial charge in [0.15, 0.2) is 0 Å². The molecular formula is C138H170O10S. The summed E-state index contributed by atoms with van der Waals surface area (Å²) in [6.45, 7) is 74.4. The van der Waals surface area contributed by atoms with Gasteiger partial charge in [-0.3, -0.25) is 0 Å². The first-order valence-electron chi connectivity index (χ1n) is 53.0. The minimum absolute atomic E-state index is 0.000230. The summed E-state index contributed by atoms with van der Waals surface area (Å²) < 4.78 is 70.9. The number of hydrogen-bond donors (Lipinski definition) is 0. The van der Waals surface area contributed by atoms with Gasteiger partial charge >= 0.3 is 0 Å². The van der Waals surface area contributed by atoms with Crippen LogP contribution in [0.5, 0.6) is 46.0 Å². The number of fused-ring (bicyclic) bond motifs is 3. The van der Waals surface area contributed by atoms with Gasteiger partial charge in [-0.1, -0.05) is 256 Å². The van der Waals surface area contributed by atoms with E-state index in [4.69, 9.17) is 37.9 Å². The third kappa shape index (κ3) is 36.5. The van der Waals surface area contributed by atoms with Gasteiger partial charge in [0.1, 0.15) is 46.0 Å². The fourth-order valence-corrected chi connectivity index (χ4v) is 18.8. The van der Waals surface area contributed by atoms with Gasteiger partial charge in [0.25, 0.3) is 0 Å². The molecule has 15 aromatic rings. The lowest BCUT2D eigenvalue weighted by atomic mass is 9.74. The maximum absolute atomic E-state index is 12.6. The summed E-state index contributed by atoms with van der Waals surface area (Å²) >= 11 is 0. The molecule has 0 saturated heterocycles. The summed E-state index contributed by atoms with van der Waals surface area (Å²) in [7, 11) is -3.34. The number of ether oxygens (including phenoxy) is 8. The molecule has 0 atom stereocenters. The predicted molar refractivity (Wildman–Crippen MR) is 629 cm³/mol. The minimum Gasteiger partial charge on any atom is -0.494 e. The van der Waals surface area contributed by atoms with Crippen LogP contribution in [0.25, 0.3) is 11.1 Å². The standard InChI is InChI=1S/C26H30.C19H24O2.2C18H22O2.C17H20O2.C16H16O2S.2C12H18/c1-19-7-11-21(12-8-19)25(3,4)23-15-17-24(18-16-23)26(5,6)22-13-9-20(2)10-14-22;1-15-5-9-17(10-6-15)20-13-19(3,4)14-21-18-11-7-16(2)8-12-18;1-15-5-9-17(10-6-15)19-13-3-4-14-20-18-11-7-16(2)8-12-18;1-15-7-5-9-17(13-15)19-11-3-4-12-20-18-10-6-8-16(2)14-18;1-14-4-8-16(9-5-14)18-12-3-13-19-17-10-6-15(2)7-11-17;1-9-5-13-14-6-10(2)12(4)8-16(14)19(17,18)15(13)7-11(9)3;2*1-7-8(2)10(4)12(6)11(5)9(7)3/h7-18H,1-6H3;5-12H,13-14H2,1-4H3;5-12H,3-4,13-14H2,1-2H3;5-10,13-14H,3-4,11-12H2,1-2H3;4-11H,3,12-13H2,1-2H3;5-8H,1-4H3;2*1-6H3. The molecule has 0 spiro atoms. The molecule has 1 aliphatic heterocycles. The summed E-state index contributed by atoms with van der Waals surface area (Å²) in [4.78, 5) is 0.909. The first-order chi connectivity index (χ1) is 70.6. The summed E-state index contributed by atoms with van der Waals surface area (Å²) in [5, 5.41) is 0. The van der Waals surface area contributed by atoms with Gasteiger partial charge in [-0.2, -0.15) is 0 Å². The fourth-order valence-electron chi connectivity index (χ4n) is 16.9. The van der Waals surface area contributed by atoms with Crippen molar-refractivity contribution in [1.82, 2.24) is 0 Å². The molecule has 0 saturated carbocycles. The Morgan fingerprint density at radius 2 is 0.369 bits per heavy atom. The van der Waals surface area contributed by atoms with E-state index in [9.17, 15) is 8.42 Å². The Kier molecular flexibility index (Phi) is 45.5. The van der Waals surface area contributed by atoms with Gasteiger partial charge in [0, 0.05) is 33.8 Å². The van der Waals surface area contributed by atoms with Gasteiger partial charge in [-0.25, -0.2) is 8.42 Å². The number of aryl methyl sites for hydroxylation is 14. The zero-order valence-corrected chi connectivity index (χ0v) is 96.7. The number of rotatable bonds is 30. The molecule has 0 amide bonds. The number of hydrogen-bond acceptors (Lipinski definition) is 10. The molecule has 0 aromatic heterocycles. The highest BCUT2D eigenvalue weighted by Gasteiger charge is 2.34. The Morgan fingerprint density at radius 3 is 0.584 bits per heavy atom. The first-order valence-corrected chi connectivity index (χ1v) is 54.5. The summed E-state index contributed by atoms with van der Waals surface area (Å²) in [5.41, 5.74) is 41.3. The third-order valence-corrected chi connectivity index (χ3v) is 30.9. The van der Waals surface area contributed by atoms with E-state index in [2.05, 4.69) is 364 Å². The Morgan fingerprint density at radius 1 is 0.188 bits per heavy atom. The third-order valence-electron chi connectivity index (χ3n) is 29.0. The Balaban J connectivity index is 0.000000191. The molecule has 0 aliphatic carbocycles. The van der Waals surface area contributed by atoms with Crippen LogP contribution in [0.2, 0.25) is 0 Å². The van der Waals surface area contributed by atoms with Crippen molar-refractivity contribution in [3.05, 3.63) is 458 Å². The van der Waals surface area contributed by atoms with Gasteiger partial charge in [0.2, 0.25) is 9.84 Å². The first kappa shape index (κ1) is 119. The molecule has 0 radical (unpaired) electrons. The van der Waals surface area contributed by atoms with Crippen molar-refractivity contribution in [3.63, 3.8) is 0 Å². The molecule has 11 heteroatoms. The molecule has 788 valence electrons. The highest BCUT2D eigenvalue weighted by Crippen LogP contribution is 2.46. The molecule has 16 rings (SSSR count). The quantitative estimate of drug-likeness (QED) is 0.0404. The van der Waals surface area contributed by atoms with E-state index in [1.807, 2.05) is 137 Å².